The number of anilines is 1. The number of nitrogens with two attached hydrogens (primary N) is 1. The van der Waals surface area contributed by atoms with Crippen molar-refractivity contribution in [3.63, 3.8) is 0 Å². The maximum Gasteiger partial charge on any atom is 0.243 e. The van der Waals surface area contributed by atoms with Gasteiger partial charge in [0.2, 0.25) is 10.0 Å². The Morgan fingerprint density at radius 1 is 1.40 bits per heavy atom. The minimum absolute atomic E-state index is 0.0575. The van der Waals surface area contributed by atoms with Gasteiger partial charge in [0.1, 0.15) is 17.0 Å². The van der Waals surface area contributed by atoms with Gasteiger partial charge in [-0.15, -0.1) is 0 Å². The van der Waals surface area contributed by atoms with E-state index >= 15 is 0 Å². The van der Waals surface area contributed by atoms with E-state index in [4.69, 9.17) is 5.73 Å². The fourth-order valence-electron chi connectivity index (χ4n) is 1.54. The molecule has 8 heteroatoms. The first kappa shape index (κ1) is 14.4. The number of benzene rings is 1. The Morgan fingerprint density at radius 3 is 2.80 bits per heavy atom. The van der Waals surface area contributed by atoms with Crippen LogP contribution in [0.4, 0.5) is 10.1 Å². The van der Waals surface area contributed by atoms with Crippen molar-refractivity contribution < 1.29 is 12.8 Å². The number of nitrogens with zero attached hydrogens (tertiary/aromatic N) is 2. The molecule has 0 bridgehead atoms. The molecule has 0 spiro atoms. The van der Waals surface area contributed by atoms with Crippen LogP contribution in [0.1, 0.15) is 11.3 Å². The van der Waals surface area contributed by atoms with Crippen LogP contribution in [0.25, 0.3) is 0 Å². The highest BCUT2D eigenvalue weighted by atomic mass is 32.2. The van der Waals surface area contributed by atoms with E-state index in [2.05, 4.69) is 14.7 Å². The lowest BCUT2D eigenvalue weighted by molar-refractivity contribution is 0.556. The molecule has 0 aliphatic heterocycles. The molecule has 20 heavy (non-hydrogen) atoms. The second-order valence-electron chi connectivity index (χ2n) is 4.16. The topological polar surface area (TPSA) is 98.0 Å². The van der Waals surface area contributed by atoms with Gasteiger partial charge < -0.3 is 5.73 Å². The number of aryl methyl sites for hydroxylation is 1. The number of hydrogen-bond acceptors (Lipinski definition) is 5. The van der Waals surface area contributed by atoms with Gasteiger partial charge in [-0.1, -0.05) is 0 Å². The fourth-order valence-corrected chi connectivity index (χ4v) is 2.64. The molecule has 0 saturated heterocycles. The number of nitrogens with one attached hydrogen (secondary N) is 1. The van der Waals surface area contributed by atoms with E-state index in [1.54, 1.807) is 13.0 Å². The van der Waals surface area contributed by atoms with E-state index in [1.807, 2.05) is 0 Å². The highest BCUT2D eigenvalue weighted by Crippen LogP contribution is 2.21. The van der Waals surface area contributed by atoms with Gasteiger partial charge in [0.15, 0.2) is 0 Å². The van der Waals surface area contributed by atoms with Crippen molar-refractivity contribution in [1.82, 2.24) is 14.7 Å². The number of aromatic nitrogens is 2. The first-order chi connectivity index (χ1) is 9.40. The summed E-state index contributed by atoms with van der Waals surface area (Å²) in [6, 6.07) is 3.75. The van der Waals surface area contributed by atoms with Crippen molar-refractivity contribution >= 4 is 15.7 Å². The zero-order valence-electron chi connectivity index (χ0n) is 10.7. The quantitative estimate of drug-likeness (QED) is 0.820. The average molecular weight is 296 g/mol. The van der Waals surface area contributed by atoms with Crippen LogP contribution in [0.15, 0.2) is 35.6 Å². The molecule has 1 heterocycles. The fraction of sp³-hybridized carbons (Fsp3) is 0.167. The first-order valence-electron chi connectivity index (χ1n) is 5.70. The lowest BCUT2D eigenvalue weighted by atomic mass is 10.2. The van der Waals surface area contributed by atoms with Gasteiger partial charge in [-0.2, -0.15) is 0 Å². The van der Waals surface area contributed by atoms with Crippen molar-refractivity contribution in [2.45, 2.75) is 18.4 Å². The third-order valence-electron chi connectivity index (χ3n) is 2.70. The molecule has 2 aromatic rings. The molecule has 3 N–H and O–H groups in total. The van der Waals surface area contributed by atoms with E-state index in [0.717, 1.165) is 12.1 Å². The normalized spacial score (nSPS) is 11.5. The Morgan fingerprint density at radius 2 is 2.15 bits per heavy atom. The van der Waals surface area contributed by atoms with Crippen LogP contribution in [0.3, 0.4) is 0 Å². The van der Waals surface area contributed by atoms with Gasteiger partial charge in [-0.25, -0.2) is 27.5 Å². The van der Waals surface area contributed by atoms with Crippen molar-refractivity contribution in [3.05, 3.63) is 47.8 Å². The van der Waals surface area contributed by atoms with Gasteiger partial charge in [-0.3, -0.25) is 0 Å². The van der Waals surface area contributed by atoms with Gasteiger partial charge in [-0.05, 0) is 30.7 Å². The van der Waals surface area contributed by atoms with Crippen molar-refractivity contribution in [1.29, 1.82) is 0 Å². The molecule has 0 saturated carbocycles. The molecule has 0 unspecified atom stereocenters. The van der Waals surface area contributed by atoms with Crippen LogP contribution >= 0.6 is 0 Å². The smallest absolute Gasteiger partial charge is 0.243 e. The summed E-state index contributed by atoms with van der Waals surface area (Å²) < 4.78 is 40.1. The molecular formula is C12H13FN4O2S. The number of halogens is 1. The van der Waals surface area contributed by atoms with E-state index in [9.17, 15) is 12.8 Å². The largest absolute Gasteiger partial charge is 0.398 e. The monoisotopic (exact) mass is 296 g/mol. The molecule has 0 amide bonds. The molecule has 0 aliphatic rings. The van der Waals surface area contributed by atoms with Crippen molar-refractivity contribution in [3.8, 4) is 0 Å². The van der Waals surface area contributed by atoms with E-state index in [-0.39, 0.29) is 12.2 Å². The molecule has 0 radical (unpaired) electrons. The van der Waals surface area contributed by atoms with Gasteiger partial charge >= 0.3 is 0 Å². The summed E-state index contributed by atoms with van der Waals surface area (Å²) in [5.41, 5.74) is 6.79. The predicted octanol–water partition coefficient (Wildman–Crippen LogP) is 0.985. The molecule has 0 fully saturated rings. The molecule has 1 aromatic carbocycles. The van der Waals surface area contributed by atoms with Crippen LogP contribution in [0.5, 0.6) is 0 Å². The summed E-state index contributed by atoms with van der Waals surface area (Å²) in [6.07, 6.45) is 2.79. The van der Waals surface area contributed by atoms with E-state index in [0.29, 0.717) is 11.3 Å². The number of nitrogen functional groups attached to an aromatic ring is 1. The second-order valence-corrected chi connectivity index (χ2v) is 5.90. The third-order valence-corrected chi connectivity index (χ3v) is 4.11. The molecular weight excluding hydrogens is 283 g/mol. The molecule has 2 rings (SSSR count). The van der Waals surface area contributed by atoms with Crippen molar-refractivity contribution in [2.24, 2.45) is 0 Å². The highest BCUT2D eigenvalue weighted by Gasteiger charge is 2.20. The van der Waals surface area contributed by atoms with Crippen LogP contribution in [-0.2, 0) is 16.6 Å². The summed E-state index contributed by atoms with van der Waals surface area (Å²) in [7, 11) is -3.99. The average Bonchev–Trinajstić information content (AvgIpc) is 2.42. The summed E-state index contributed by atoms with van der Waals surface area (Å²) in [5, 5.41) is 0. The lowest BCUT2D eigenvalue weighted by Gasteiger charge is -2.09. The van der Waals surface area contributed by atoms with Crippen LogP contribution in [-0.4, -0.2) is 18.4 Å². The van der Waals surface area contributed by atoms with Gasteiger partial charge in [0.05, 0.1) is 12.2 Å². The lowest BCUT2D eigenvalue weighted by Crippen LogP contribution is -2.25. The Labute approximate surface area is 115 Å². The number of rotatable bonds is 4. The summed E-state index contributed by atoms with van der Waals surface area (Å²) >= 11 is 0. The Hall–Kier alpha value is -2.06. The maximum atomic E-state index is 13.8. The zero-order chi connectivity index (χ0) is 14.8. The predicted molar refractivity (Wildman–Crippen MR) is 71.6 cm³/mol. The van der Waals surface area contributed by atoms with Crippen molar-refractivity contribution in [2.75, 3.05) is 5.73 Å². The third kappa shape index (κ3) is 3.09. The number of hydrogen-bond donors (Lipinski definition) is 2. The van der Waals surface area contributed by atoms with Crippen LogP contribution in [0, 0.1) is 12.7 Å². The van der Waals surface area contributed by atoms with E-state index in [1.165, 1.54) is 12.5 Å². The van der Waals surface area contributed by atoms with Gasteiger partial charge in [0.25, 0.3) is 0 Å². The SMILES string of the molecule is Cc1cc(F)c(S(=O)(=O)NCc2ccncn2)cc1N. The van der Waals surface area contributed by atoms with Gasteiger partial charge in [0, 0.05) is 11.9 Å². The molecule has 0 aliphatic carbocycles. The minimum Gasteiger partial charge on any atom is -0.398 e. The maximum absolute atomic E-state index is 13.8. The Bertz CT molecular complexity index is 720. The standard InChI is InChI=1S/C12H13FN4O2S/c1-8-4-10(13)12(5-11(8)14)20(18,19)17-6-9-2-3-15-7-16-9/h2-5,7,17H,6,14H2,1H3. The minimum atomic E-state index is -3.99. The Balaban J connectivity index is 2.25. The first-order valence-corrected chi connectivity index (χ1v) is 7.18. The highest BCUT2D eigenvalue weighted by molar-refractivity contribution is 7.89. The summed E-state index contributed by atoms with van der Waals surface area (Å²) in [5.74, 6) is -0.841. The molecule has 6 nitrogen and oxygen atoms in total. The second kappa shape index (κ2) is 5.51. The van der Waals surface area contributed by atoms with Crippen LogP contribution in [0.2, 0.25) is 0 Å². The Kier molecular flexibility index (Phi) is 3.96. The molecule has 0 atom stereocenters. The number of sulfonamides is 1. The summed E-state index contributed by atoms with van der Waals surface area (Å²) in [4.78, 5) is 7.11. The van der Waals surface area contributed by atoms with Crippen LogP contribution < -0.4 is 10.5 Å². The molecule has 106 valence electrons. The molecule has 1 aromatic heterocycles. The van der Waals surface area contributed by atoms with E-state index < -0.39 is 20.7 Å². The summed E-state index contributed by atoms with van der Waals surface area (Å²) in [6.45, 7) is 1.54. The zero-order valence-corrected chi connectivity index (χ0v) is 11.5.